The monoisotopic (exact) mass is 274 g/mol. The molecule has 0 unspecified atom stereocenters. The number of methoxy groups -OCH3 is 1. The van der Waals surface area contributed by atoms with Gasteiger partial charge in [0.2, 0.25) is 5.91 Å². The normalized spacial score (nSPS) is 11.5. The average Bonchev–Trinajstić information content (AvgIpc) is 2.76. The maximum absolute atomic E-state index is 11.5. The Bertz CT molecular complexity index is 719. The molecule has 0 N–H and O–H groups in total. The molecular formula is C14H14N2O2S. The van der Waals surface area contributed by atoms with Crippen molar-refractivity contribution in [3.63, 3.8) is 0 Å². The summed E-state index contributed by atoms with van der Waals surface area (Å²) in [7, 11) is 1.62. The first-order valence-electron chi connectivity index (χ1n) is 5.88. The molecule has 1 heterocycles. The van der Waals surface area contributed by atoms with Gasteiger partial charge in [-0.15, -0.1) is 6.42 Å². The summed E-state index contributed by atoms with van der Waals surface area (Å²) >= 11 is 1.44. The van der Waals surface area contributed by atoms with E-state index in [4.69, 9.17) is 11.2 Å². The van der Waals surface area contributed by atoms with Crippen LogP contribution in [0, 0.1) is 12.3 Å². The number of terminal acetylenes is 1. The molecule has 2 rings (SSSR count). The molecule has 1 amide bonds. The van der Waals surface area contributed by atoms with E-state index in [1.165, 1.54) is 11.3 Å². The first-order valence-corrected chi connectivity index (χ1v) is 6.69. The Kier molecular flexibility index (Phi) is 4.03. The third-order valence-corrected chi connectivity index (χ3v) is 3.70. The van der Waals surface area contributed by atoms with Gasteiger partial charge in [-0.1, -0.05) is 24.2 Å². The number of hydrogen-bond acceptors (Lipinski definition) is 3. The Morgan fingerprint density at radius 3 is 3.00 bits per heavy atom. The SMILES string of the molecule is C#CCn1c(=NC(=O)CC)sc2cc(OC)ccc21. The Morgan fingerprint density at radius 1 is 1.58 bits per heavy atom. The number of benzene rings is 1. The number of carbonyl (C=O) groups is 1. The van der Waals surface area contributed by atoms with Crippen LogP contribution in [0.5, 0.6) is 5.75 Å². The summed E-state index contributed by atoms with van der Waals surface area (Å²) in [6.45, 7) is 2.18. The number of rotatable bonds is 3. The molecule has 5 heteroatoms. The molecule has 0 aliphatic heterocycles. The lowest BCUT2D eigenvalue weighted by Gasteiger charge is -2.01. The number of hydrogen-bond donors (Lipinski definition) is 0. The summed E-state index contributed by atoms with van der Waals surface area (Å²) in [5, 5.41) is 0. The van der Waals surface area contributed by atoms with E-state index in [0.29, 0.717) is 17.8 Å². The molecule has 2 aromatic rings. The van der Waals surface area contributed by atoms with Gasteiger partial charge in [0.25, 0.3) is 0 Å². The molecule has 4 nitrogen and oxygen atoms in total. The summed E-state index contributed by atoms with van der Waals surface area (Å²) in [6.07, 6.45) is 5.76. The average molecular weight is 274 g/mol. The summed E-state index contributed by atoms with van der Waals surface area (Å²) in [5.74, 6) is 3.21. The first-order chi connectivity index (χ1) is 9.19. The Labute approximate surface area is 115 Å². The number of fused-ring (bicyclic) bond motifs is 1. The van der Waals surface area contributed by atoms with E-state index < -0.39 is 0 Å². The van der Waals surface area contributed by atoms with Gasteiger partial charge < -0.3 is 9.30 Å². The summed E-state index contributed by atoms with van der Waals surface area (Å²) < 4.78 is 8.06. The fraction of sp³-hybridized carbons (Fsp3) is 0.286. The minimum atomic E-state index is -0.149. The van der Waals surface area contributed by atoms with Crippen LogP contribution in [-0.2, 0) is 11.3 Å². The lowest BCUT2D eigenvalue weighted by Crippen LogP contribution is -2.16. The second kappa shape index (κ2) is 5.72. The fourth-order valence-corrected chi connectivity index (χ4v) is 2.77. The highest BCUT2D eigenvalue weighted by atomic mass is 32.1. The van der Waals surface area contributed by atoms with Crippen LogP contribution in [0.1, 0.15) is 13.3 Å². The molecule has 0 spiro atoms. The lowest BCUT2D eigenvalue weighted by atomic mass is 10.3. The maximum atomic E-state index is 11.5. The molecule has 1 aromatic carbocycles. The molecule has 1 aromatic heterocycles. The van der Waals surface area contributed by atoms with Crippen LogP contribution in [0.25, 0.3) is 10.2 Å². The van der Waals surface area contributed by atoms with Gasteiger partial charge in [0.15, 0.2) is 4.80 Å². The van der Waals surface area contributed by atoms with Crippen LogP contribution in [0.2, 0.25) is 0 Å². The molecule has 0 aliphatic rings. The highest BCUT2D eigenvalue weighted by Crippen LogP contribution is 2.23. The van der Waals surface area contributed by atoms with Crippen molar-refractivity contribution in [1.82, 2.24) is 4.57 Å². The predicted molar refractivity (Wildman–Crippen MR) is 76.1 cm³/mol. The zero-order chi connectivity index (χ0) is 13.8. The van der Waals surface area contributed by atoms with Crippen molar-refractivity contribution in [2.45, 2.75) is 19.9 Å². The molecule has 98 valence electrons. The number of aromatic nitrogens is 1. The number of carbonyl (C=O) groups excluding carboxylic acids is 1. The van der Waals surface area contributed by atoms with Crippen LogP contribution in [0.4, 0.5) is 0 Å². The molecule has 0 atom stereocenters. The van der Waals surface area contributed by atoms with Gasteiger partial charge in [0, 0.05) is 6.42 Å². The third-order valence-electron chi connectivity index (χ3n) is 2.66. The first kappa shape index (κ1) is 13.4. The number of amides is 1. The minimum absolute atomic E-state index is 0.149. The Balaban J connectivity index is 2.69. The van der Waals surface area contributed by atoms with Gasteiger partial charge in [0.1, 0.15) is 5.75 Å². The number of ether oxygens (including phenoxy) is 1. The molecule has 0 aliphatic carbocycles. The van der Waals surface area contributed by atoms with Crippen molar-refractivity contribution in [2.24, 2.45) is 4.99 Å². The van der Waals surface area contributed by atoms with Crippen LogP contribution >= 0.6 is 11.3 Å². The summed E-state index contributed by atoms with van der Waals surface area (Å²) in [5.41, 5.74) is 0.964. The van der Waals surface area contributed by atoms with Crippen LogP contribution in [-0.4, -0.2) is 17.6 Å². The van der Waals surface area contributed by atoms with Crippen LogP contribution in [0.3, 0.4) is 0 Å². The van der Waals surface area contributed by atoms with E-state index >= 15 is 0 Å². The number of thiazole rings is 1. The molecule has 0 fully saturated rings. The van der Waals surface area contributed by atoms with Gasteiger partial charge in [-0.2, -0.15) is 4.99 Å². The van der Waals surface area contributed by atoms with Crippen LogP contribution < -0.4 is 9.54 Å². The Hall–Kier alpha value is -2.06. The maximum Gasteiger partial charge on any atom is 0.248 e. The highest BCUT2D eigenvalue weighted by Gasteiger charge is 2.07. The van der Waals surface area contributed by atoms with Gasteiger partial charge >= 0.3 is 0 Å². The van der Waals surface area contributed by atoms with Gasteiger partial charge in [-0.05, 0) is 18.2 Å². The van der Waals surface area contributed by atoms with Gasteiger partial charge in [0.05, 0.1) is 23.9 Å². The highest BCUT2D eigenvalue weighted by molar-refractivity contribution is 7.16. The van der Waals surface area contributed by atoms with Crippen molar-refractivity contribution in [3.8, 4) is 18.1 Å². The van der Waals surface area contributed by atoms with Crippen molar-refractivity contribution in [3.05, 3.63) is 23.0 Å². The summed E-state index contributed by atoms with van der Waals surface area (Å²) in [4.78, 5) is 16.2. The third kappa shape index (κ3) is 2.69. The molecular weight excluding hydrogens is 260 g/mol. The quantitative estimate of drug-likeness (QED) is 0.805. The zero-order valence-corrected chi connectivity index (χ0v) is 11.7. The molecule has 0 bridgehead atoms. The molecule has 0 saturated heterocycles. The van der Waals surface area contributed by atoms with Crippen molar-refractivity contribution < 1.29 is 9.53 Å². The minimum Gasteiger partial charge on any atom is -0.497 e. The van der Waals surface area contributed by atoms with E-state index in [9.17, 15) is 4.79 Å². The second-order valence-corrected chi connectivity index (χ2v) is 4.88. The van der Waals surface area contributed by atoms with E-state index in [0.717, 1.165) is 16.0 Å². The smallest absolute Gasteiger partial charge is 0.248 e. The van der Waals surface area contributed by atoms with Gasteiger partial charge in [-0.25, -0.2) is 0 Å². The Morgan fingerprint density at radius 2 is 2.37 bits per heavy atom. The van der Waals surface area contributed by atoms with E-state index in [1.54, 1.807) is 14.0 Å². The van der Waals surface area contributed by atoms with E-state index in [1.807, 2.05) is 22.8 Å². The van der Waals surface area contributed by atoms with E-state index in [-0.39, 0.29) is 5.91 Å². The van der Waals surface area contributed by atoms with Crippen LogP contribution in [0.15, 0.2) is 23.2 Å². The number of nitrogens with zero attached hydrogens (tertiary/aromatic N) is 2. The molecule has 0 radical (unpaired) electrons. The predicted octanol–water partition coefficient (Wildman–Crippen LogP) is 2.18. The lowest BCUT2D eigenvalue weighted by molar-refractivity contribution is -0.117. The van der Waals surface area contributed by atoms with E-state index in [2.05, 4.69) is 10.9 Å². The van der Waals surface area contributed by atoms with Crippen molar-refractivity contribution in [2.75, 3.05) is 7.11 Å². The fourth-order valence-electron chi connectivity index (χ4n) is 1.70. The standard InChI is InChI=1S/C14H14N2O2S/c1-4-8-16-11-7-6-10(18-3)9-12(11)19-14(16)15-13(17)5-2/h1,6-7,9H,5,8H2,2-3H3. The second-order valence-electron chi connectivity index (χ2n) is 3.87. The molecule has 19 heavy (non-hydrogen) atoms. The molecule has 0 saturated carbocycles. The van der Waals surface area contributed by atoms with Crippen molar-refractivity contribution >= 4 is 27.5 Å². The van der Waals surface area contributed by atoms with Crippen molar-refractivity contribution in [1.29, 1.82) is 0 Å². The van der Waals surface area contributed by atoms with Gasteiger partial charge in [-0.3, -0.25) is 4.79 Å². The summed E-state index contributed by atoms with van der Waals surface area (Å²) in [6, 6.07) is 5.72. The topological polar surface area (TPSA) is 43.6 Å². The zero-order valence-electron chi connectivity index (χ0n) is 10.8. The largest absolute Gasteiger partial charge is 0.497 e.